The SMILES string of the molecule is C[S@](=O)CCNC(=O)Nc1ccc(Cl)c(Cl)c1. The van der Waals surface area contributed by atoms with E-state index in [0.717, 1.165) is 0 Å². The highest BCUT2D eigenvalue weighted by Crippen LogP contribution is 2.24. The van der Waals surface area contributed by atoms with Crippen molar-refractivity contribution in [3.05, 3.63) is 28.2 Å². The van der Waals surface area contributed by atoms with Crippen molar-refractivity contribution in [2.75, 3.05) is 23.9 Å². The summed E-state index contributed by atoms with van der Waals surface area (Å²) >= 11 is 11.5. The minimum absolute atomic E-state index is 0.357. The summed E-state index contributed by atoms with van der Waals surface area (Å²) in [6.07, 6.45) is 1.58. The van der Waals surface area contributed by atoms with E-state index in [9.17, 15) is 9.00 Å². The number of carbonyl (C=O) groups is 1. The zero-order valence-corrected chi connectivity index (χ0v) is 11.5. The van der Waals surface area contributed by atoms with Gasteiger partial charge in [0.2, 0.25) is 0 Å². The molecule has 2 N–H and O–H groups in total. The minimum atomic E-state index is -0.916. The third kappa shape index (κ3) is 5.39. The highest BCUT2D eigenvalue weighted by Gasteiger charge is 2.03. The molecular formula is C10H12Cl2N2O2S. The van der Waals surface area contributed by atoms with Gasteiger partial charge in [-0.05, 0) is 18.2 Å². The normalized spacial score (nSPS) is 11.9. The Kier molecular flexibility index (Phi) is 5.74. The number of urea groups is 1. The van der Waals surface area contributed by atoms with E-state index in [2.05, 4.69) is 10.6 Å². The Morgan fingerprint density at radius 3 is 2.65 bits per heavy atom. The van der Waals surface area contributed by atoms with Crippen molar-refractivity contribution in [2.45, 2.75) is 0 Å². The molecule has 0 radical (unpaired) electrons. The van der Waals surface area contributed by atoms with E-state index in [-0.39, 0.29) is 6.03 Å². The number of amides is 2. The lowest BCUT2D eigenvalue weighted by atomic mass is 10.3. The molecule has 1 aromatic carbocycles. The number of hydrogen-bond donors (Lipinski definition) is 2. The number of halogens is 2. The van der Waals surface area contributed by atoms with Gasteiger partial charge in [-0.25, -0.2) is 4.79 Å². The molecule has 0 saturated carbocycles. The van der Waals surface area contributed by atoms with Gasteiger partial charge in [-0.2, -0.15) is 0 Å². The molecule has 1 aromatic rings. The van der Waals surface area contributed by atoms with Gasteiger partial charge in [0.1, 0.15) is 0 Å². The molecule has 17 heavy (non-hydrogen) atoms. The van der Waals surface area contributed by atoms with Crippen LogP contribution in [0.25, 0.3) is 0 Å². The first-order valence-electron chi connectivity index (χ1n) is 4.79. The average Bonchev–Trinajstić information content (AvgIpc) is 2.23. The quantitative estimate of drug-likeness (QED) is 0.896. The molecule has 0 aliphatic heterocycles. The van der Waals surface area contributed by atoms with Crippen LogP contribution in [0, 0.1) is 0 Å². The summed E-state index contributed by atoms with van der Waals surface area (Å²) in [6.45, 7) is 0.357. The third-order valence-corrected chi connectivity index (χ3v) is 3.37. The second-order valence-electron chi connectivity index (χ2n) is 3.29. The molecule has 0 unspecified atom stereocenters. The van der Waals surface area contributed by atoms with Crippen LogP contribution in [-0.2, 0) is 10.8 Å². The van der Waals surface area contributed by atoms with Gasteiger partial charge in [-0.3, -0.25) is 4.21 Å². The average molecular weight is 295 g/mol. The Labute approximate surface area is 112 Å². The molecule has 0 heterocycles. The predicted octanol–water partition coefficient (Wildman–Crippen LogP) is 2.49. The van der Waals surface area contributed by atoms with Gasteiger partial charge in [0.25, 0.3) is 0 Å². The van der Waals surface area contributed by atoms with Crippen LogP contribution in [0.15, 0.2) is 18.2 Å². The van der Waals surface area contributed by atoms with Gasteiger partial charge in [0.05, 0.1) is 10.0 Å². The summed E-state index contributed by atoms with van der Waals surface area (Å²) in [5.74, 6) is 0.425. The predicted molar refractivity (Wildman–Crippen MR) is 72.4 cm³/mol. The van der Waals surface area contributed by atoms with Crippen molar-refractivity contribution in [1.29, 1.82) is 0 Å². The van der Waals surface area contributed by atoms with Crippen molar-refractivity contribution in [3.63, 3.8) is 0 Å². The van der Waals surface area contributed by atoms with Crippen molar-refractivity contribution < 1.29 is 9.00 Å². The lowest BCUT2D eigenvalue weighted by Gasteiger charge is -2.07. The van der Waals surface area contributed by atoms with Crippen molar-refractivity contribution in [1.82, 2.24) is 5.32 Å². The van der Waals surface area contributed by atoms with E-state index in [4.69, 9.17) is 23.2 Å². The molecule has 0 saturated heterocycles. The molecule has 94 valence electrons. The van der Waals surface area contributed by atoms with Crippen LogP contribution in [0.5, 0.6) is 0 Å². The first-order valence-corrected chi connectivity index (χ1v) is 7.27. The number of carbonyl (C=O) groups excluding carboxylic acids is 1. The summed E-state index contributed by atoms with van der Waals surface area (Å²) in [5.41, 5.74) is 0.550. The van der Waals surface area contributed by atoms with Crippen molar-refractivity contribution in [3.8, 4) is 0 Å². The minimum Gasteiger partial charge on any atom is -0.337 e. The van der Waals surface area contributed by atoms with Crippen LogP contribution in [0.2, 0.25) is 10.0 Å². The fourth-order valence-corrected chi connectivity index (χ4v) is 1.75. The molecule has 0 fully saturated rings. The second-order valence-corrected chi connectivity index (χ2v) is 5.66. The monoisotopic (exact) mass is 294 g/mol. The Hall–Kier alpha value is -0.780. The highest BCUT2D eigenvalue weighted by molar-refractivity contribution is 7.84. The summed E-state index contributed by atoms with van der Waals surface area (Å²) in [6, 6.07) is 4.43. The molecule has 0 aliphatic rings. The van der Waals surface area contributed by atoms with Crippen LogP contribution >= 0.6 is 23.2 Å². The van der Waals surface area contributed by atoms with E-state index in [1.54, 1.807) is 24.5 Å². The van der Waals surface area contributed by atoms with Gasteiger partial charge in [-0.1, -0.05) is 23.2 Å². The molecule has 0 bridgehead atoms. The largest absolute Gasteiger partial charge is 0.337 e. The van der Waals surface area contributed by atoms with Crippen LogP contribution in [-0.4, -0.2) is 28.8 Å². The lowest BCUT2D eigenvalue weighted by molar-refractivity contribution is 0.252. The maximum absolute atomic E-state index is 11.4. The van der Waals surface area contributed by atoms with Gasteiger partial charge in [0, 0.05) is 35.0 Å². The van der Waals surface area contributed by atoms with Crippen LogP contribution in [0.1, 0.15) is 0 Å². The van der Waals surface area contributed by atoms with E-state index < -0.39 is 10.8 Å². The Morgan fingerprint density at radius 1 is 1.35 bits per heavy atom. The zero-order valence-electron chi connectivity index (χ0n) is 9.13. The molecular weight excluding hydrogens is 283 g/mol. The van der Waals surface area contributed by atoms with Crippen molar-refractivity contribution in [2.24, 2.45) is 0 Å². The Balaban J connectivity index is 2.45. The number of benzene rings is 1. The second kappa shape index (κ2) is 6.83. The topological polar surface area (TPSA) is 58.2 Å². The number of rotatable bonds is 4. The smallest absolute Gasteiger partial charge is 0.319 e. The summed E-state index contributed by atoms with van der Waals surface area (Å²) in [4.78, 5) is 11.4. The molecule has 0 aromatic heterocycles. The van der Waals surface area contributed by atoms with Gasteiger partial charge in [0.15, 0.2) is 0 Å². The molecule has 1 rings (SSSR count). The fourth-order valence-electron chi connectivity index (χ4n) is 1.06. The molecule has 2 amide bonds. The Morgan fingerprint density at radius 2 is 2.06 bits per heavy atom. The van der Waals surface area contributed by atoms with Crippen LogP contribution in [0.4, 0.5) is 10.5 Å². The molecule has 0 spiro atoms. The first-order chi connectivity index (χ1) is 7.99. The molecule has 1 atom stereocenters. The molecule has 4 nitrogen and oxygen atoms in total. The number of nitrogens with one attached hydrogen (secondary N) is 2. The zero-order chi connectivity index (χ0) is 12.8. The lowest BCUT2D eigenvalue weighted by Crippen LogP contribution is -2.31. The third-order valence-electron chi connectivity index (χ3n) is 1.85. The molecule has 7 heteroatoms. The van der Waals surface area contributed by atoms with E-state index >= 15 is 0 Å². The van der Waals surface area contributed by atoms with Crippen LogP contribution in [0.3, 0.4) is 0 Å². The standard InChI is InChI=1S/C10H12Cl2N2O2S/c1-17(16)5-4-13-10(15)14-7-2-3-8(11)9(12)6-7/h2-3,6H,4-5H2,1H3,(H2,13,14,15)/t17-/m0/s1. The Bertz CT molecular complexity index is 440. The highest BCUT2D eigenvalue weighted by atomic mass is 35.5. The summed E-state index contributed by atoms with van der Waals surface area (Å²) in [5, 5.41) is 5.97. The maximum atomic E-state index is 11.4. The maximum Gasteiger partial charge on any atom is 0.319 e. The van der Waals surface area contributed by atoms with Gasteiger partial charge < -0.3 is 10.6 Å². The first kappa shape index (κ1) is 14.3. The summed E-state index contributed by atoms with van der Waals surface area (Å²) < 4.78 is 10.8. The molecule has 0 aliphatic carbocycles. The van der Waals surface area contributed by atoms with Gasteiger partial charge in [-0.15, -0.1) is 0 Å². The number of anilines is 1. The van der Waals surface area contributed by atoms with E-state index in [1.807, 2.05) is 0 Å². The van der Waals surface area contributed by atoms with E-state index in [1.165, 1.54) is 0 Å². The fraction of sp³-hybridized carbons (Fsp3) is 0.300. The van der Waals surface area contributed by atoms with Gasteiger partial charge >= 0.3 is 6.03 Å². The van der Waals surface area contributed by atoms with E-state index in [0.29, 0.717) is 28.0 Å². The van der Waals surface area contributed by atoms with Crippen LogP contribution < -0.4 is 10.6 Å². The van der Waals surface area contributed by atoms with Crippen molar-refractivity contribution >= 4 is 45.7 Å². The summed E-state index contributed by atoms with van der Waals surface area (Å²) in [7, 11) is -0.916. The number of hydrogen-bond acceptors (Lipinski definition) is 2.